The van der Waals surface area contributed by atoms with Crippen LogP contribution in [0.5, 0.6) is 0 Å². The van der Waals surface area contributed by atoms with Crippen molar-refractivity contribution in [2.75, 3.05) is 28.3 Å². The van der Waals surface area contributed by atoms with Gasteiger partial charge in [-0.1, -0.05) is 81.8 Å². The monoisotopic (exact) mass is 734 g/mol. The van der Waals surface area contributed by atoms with Gasteiger partial charge >= 0.3 is 5.97 Å². The van der Waals surface area contributed by atoms with Gasteiger partial charge in [0.1, 0.15) is 0 Å². The summed E-state index contributed by atoms with van der Waals surface area (Å²) in [5, 5.41) is 6.29. The standard InChI is InChI=1S/C49H71N3O2/c1-13-49(11,12)48(53)54-33-19-15-14-18-32-50-46-31-30-45(43-20-16-17-21-44(43)46)47(39-22-26-41(27-23-39)51(35(4)5)36(6)7)40-24-28-42(29-25-40)52(37(8)9)38(10)34(2)3/h16-17,20-31,34-38,47,50H,13-15,18-19,32-33H2,1-12H3. The van der Waals surface area contributed by atoms with E-state index in [0.29, 0.717) is 36.7 Å². The normalized spacial score (nSPS) is 13.2. The van der Waals surface area contributed by atoms with Crippen molar-refractivity contribution in [3.63, 3.8) is 0 Å². The van der Waals surface area contributed by atoms with Gasteiger partial charge in [0.05, 0.1) is 12.0 Å². The highest BCUT2D eigenvalue weighted by atomic mass is 16.5. The van der Waals surface area contributed by atoms with Crippen molar-refractivity contribution in [1.82, 2.24) is 0 Å². The van der Waals surface area contributed by atoms with Crippen LogP contribution in [0.2, 0.25) is 0 Å². The Labute approximate surface area is 328 Å². The number of anilines is 3. The van der Waals surface area contributed by atoms with Crippen LogP contribution in [-0.2, 0) is 9.53 Å². The van der Waals surface area contributed by atoms with Crippen LogP contribution in [0.15, 0.2) is 84.9 Å². The number of benzene rings is 4. The van der Waals surface area contributed by atoms with Gasteiger partial charge in [0.2, 0.25) is 0 Å². The molecule has 54 heavy (non-hydrogen) atoms. The molecule has 0 heterocycles. The third kappa shape index (κ3) is 10.6. The molecule has 0 fully saturated rings. The number of carbonyl (C=O) groups is 1. The highest BCUT2D eigenvalue weighted by Crippen LogP contribution is 2.40. The molecule has 2 unspecified atom stereocenters. The quantitative estimate of drug-likeness (QED) is 0.0557. The zero-order valence-corrected chi connectivity index (χ0v) is 35.7. The summed E-state index contributed by atoms with van der Waals surface area (Å²) < 4.78 is 5.54. The lowest BCUT2D eigenvalue weighted by Crippen LogP contribution is -2.41. The van der Waals surface area contributed by atoms with Crippen molar-refractivity contribution < 1.29 is 9.53 Å². The van der Waals surface area contributed by atoms with Crippen LogP contribution in [0, 0.1) is 11.3 Å². The molecular formula is C49H71N3O2. The molecule has 5 nitrogen and oxygen atoms in total. The van der Waals surface area contributed by atoms with Gasteiger partial charge in [0.15, 0.2) is 0 Å². The summed E-state index contributed by atoms with van der Waals surface area (Å²) in [5.41, 5.74) is 7.23. The van der Waals surface area contributed by atoms with Gasteiger partial charge in [0.25, 0.3) is 0 Å². The van der Waals surface area contributed by atoms with Gasteiger partial charge in [0, 0.05) is 59.1 Å². The molecule has 0 amide bonds. The molecule has 0 radical (unpaired) electrons. The maximum absolute atomic E-state index is 12.3. The summed E-state index contributed by atoms with van der Waals surface area (Å²) in [6.07, 6.45) is 4.92. The van der Waals surface area contributed by atoms with Crippen LogP contribution in [0.3, 0.4) is 0 Å². The molecule has 4 rings (SSSR count). The second-order valence-electron chi connectivity index (χ2n) is 17.2. The number of esters is 1. The fourth-order valence-electron chi connectivity index (χ4n) is 7.78. The lowest BCUT2D eigenvalue weighted by molar-refractivity contribution is -0.154. The molecule has 4 aromatic carbocycles. The molecule has 0 spiro atoms. The number of unbranched alkanes of at least 4 members (excludes halogenated alkanes) is 3. The van der Waals surface area contributed by atoms with Gasteiger partial charge in [-0.3, -0.25) is 4.79 Å². The Morgan fingerprint density at radius 3 is 1.69 bits per heavy atom. The summed E-state index contributed by atoms with van der Waals surface area (Å²) in [6, 6.07) is 33.9. The first-order chi connectivity index (χ1) is 25.7. The first-order valence-corrected chi connectivity index (χ1v) is 20.9. The van der Waals surface area contributed by atoms with Gasteiger partial charge < -0.3 is 19.9 Å². The number of carbonyl (C=O) groups excluding carboxylic acids is 1. The number of fused-ring (bicyclic) bond motifs is 1. The maximum atomic E-state index is 12.3. The van der Waals surface area contributed by atoms with E-state index in [9.17, 15) is 4.79 Å². The molecule has 0 saturated carbocycles. The molecule has 2 atom stereocenters. The van der Waals surface area contributed by atoms with Crippen LogP contribution in [0.1, 0.15) is 138 Å². The third-order valence-electron chi connectivity index (χ3n) is 11.4. The Balaban J connectivity index is 1.61. The molecule has 1 N–H and O–H groups in total. The number of hydrogen-bond acceptors (Lipinski definition) is 5. The highest BCUT2D eigenvalue weighted by Gasteiger charge is 2.27. The predicted molar refractivity (Wildman–Crippen MR) is 234 cm³/mol. The van der Waals surface area contributed by atoms with Gasteiger partial charge in [-0.25, -0.2) is 0 Å². The third-order valence-corrected chi connectivity index (χ3v) is 11.4. The summed E-state index contributed by atoms with van der Waals surface area (Å²) in [7, 11) is 0. The van der Waals surface area contributed by atoms with Crippen LogP contribution < -0.4 is 15.1 Å². The van der Waals surface area contributed by atoms with E-state index < -0.39 is 5.41 Å². The lowest BCUT2D eigenvalue weighted by Gasteiger charge is -2.37. The maximum Gasteiger partial charge on any atom is 0.311 e. The van der Waals surface area contributed by atoms with Crippen LogP contribution in [-0.4, -0.2) is 43.3 Å². The average Bonchev–Trinajstić information content (AvgIpc) is 3.14. The molecule has 294 valence electrons. The van der Waals surface area contributed by atoms with E-state index in [0.717, 1.165) is 38.6 Å². The minimum absolute atomic E-state index is 0.0747. The smallest absolute Gasteiger partial charge is 0.311 e. The van der Waals surface area contributed by atoms with Crippen molar-refractivity contribution in [3.05, 3.63) is 102 Å². The lowest BCUT2D eigenvalue weighted by atomic mass is 9.82. The number of nitrogens with zero attached hydrogens (tertiary/aromatic N) is 2. The topological polar surface area (TPSA) is 44.8 Å². The Morgan fingerprint density at radius 1 is 0.648 bits per heavy atom. The minimum atomic E-state index is -0.401. The number of rotatable bonds is 20. The zero-order chi connectivity index (χ0) is 39.6. The number of nitrogens with one attached hydrogen (secondary N) is 1. The van der Waals surface area contributed by atoms with Crippen molar-refractivity contribution in [1.29, 1.82) is 0 Å². The molecule has 0 aliphatic heterocycles. The summed E-state index contributed by atoms with van der Waals surface area (Å²) in [5.74, 6) is 0.546. The molecular weight excluding hydrogens is 663 g/mol. The second-order valence-corrected chi connectivity index (χ2v) is 17.2. The molecule has 0 saturated heterocycles. The molecule has 5 heteroatoms. The fraction of sp³-hybridized carbons (Fsp3) is 0.531. The Morgan fingerprint density at radius 2 is 1.17 bits per heavy atom. The minimum Gasteiger partial charge on any atom is -0.465 e. The molecule has 0 aliphatic carbocycles. The Kier molecular flexibility index (Phi) is 15.5. The first kappa shape index (κ1) is 42.7. The molecule has 4 aromatic rings. The molecule has 0 bridgehead atoms. The van der Waals surface area contributed by atoms with E-state index in [-0.39, 0.29) is 11.9 Å². The van der Waals surface area contributed by atoms with Crippen molar-refractivity contribution in [3.8, 4) is 0 Å². The van der Waals surface area contributed by atoms with Crippen molar-refractivity contribution >= 4 is 33.8 Å². The highest BCUT2D eigenvalue weighted by molar-refractivity contribution is 5.97. The first-order valence-electron chi connectivity index (χ1n) is 20.9. The zero-order valence-electron chi connectivity index (χ0n) is 35.7. The Hall–Kier alpha value is -3.99. The van der Waals surface area contributed by atoms with Gasteiger partial charge in [-0.2, -0.15) is 0 Å². The van der Waals surface area contributed by atoms with Crippen molar-refractivity contribution in [2.45, 2.75) is 145 Å². The molecule has 0 aromatic heterocycles. The van der Waals surface area contributed by atoms with Crippen LogP contribution in [0.4, 0.5) is 17.1 Å². The largest absolute Gasteiger partial charge is 0.465 e. The number of hydrogen-bond donors (Lipinski definition) is 1. The van der Waals surface area contributed by atoms with E-state index in [1.165, 1.54) is 44.5 Å². The SMILES string of the molecule is CCC(C)(C)C(=O)OCCCCCCNc1ccc(C(c2ccc(N(C(C)C)C(C)C)cc2)c2ccc(N(C(C)C)C(C)C(C)C)cc2)c2ccccc12. The van der Waals surface area contributed by atoms with E-state index in [1.54, 1.807) is 0 Å². The summed E-state index contributed by atoms with van der Waals surface area (Å²) in [6.45, 7) is 28.0. The van der Waals surface area contributed by atoms with Gasteiger partial charge in [-0.15, -0.1) is 0 Å². The number of ether oxygens (including phenoxy) is 1. The van der Waals surface area contributed by atoms with E-state index in [2.05, 4.69) is 162 Å². The average molecular weight is 734 g/mol. The van der Waals surface area contributed by atoms with E-state index >= 15 is 0 Å². The van der Waals surface area contributed by atoms with Crippen molar-refractivity contribution in [2.24, 2.45) is 11.3 Å². The van der Waals surface area contributed by atoms with Crippen LogP contribution >= 0.6 is 0 Å². The van der Waals surface area contributed by atoms with E-state index in [4.69, 9.17) is 4.74 Å². The van der Waals surface area contributed by atoms with Gasteiger partial charge in [-0.05, 0) is 146 Å². The second kappa shape index (κ2) is 19.6. The molecule has 0 aliphatic rings. The Bertz CT molecular complexity index is 1730. The fourth-order valence-corrected chi connectivity index (χ4v) is 7.78. The predicted octanol–water partition coefficient (Wildman–Crippen LogP) is 12.9. The summed E-state index contributed by atoms with van der Waals surface area (Å²) >= 11 is 0. The van der Waals surface area contributed by atoms with Crippen LogP contribution in [0.25, 0.3) is 10.8 Å². The van der Waals surface area contributed by atoms with E-state index in [1.807, 2.05) is 20.8 Å². The summed E-state index contributed by atoms with van der Waals surface area (Å²) in [4.78, 5) is 17.3.